The van der Waals surface area contributed by atoms with Crippen molar-refractivity contribution in [2.24, 2.45) is 5.92 Å². The first-order chi connectivity index (χ1) is 17.0. The van der Waals surface area contributed by atoms with Gasteiger partial charge in [-0.15, -0.1) is 5.54 Å². The maximum atomic E-state index is 13.7. The van der Waals surface area contributed by atoms with E-state index in [9.17, 15) is 4.79 Å². The number of anilines is 1. The SMILES string of the molecule is COc1ccc(CN2C(=O)NC(C#C[Si](C(C)C)(C(C)C)C(C)C)(C3CC3)c3cc(Cl)ccc32)cc1. The Morgan fingerprint density at radius 2 is 1.67 bits per heavy atom. The van der Waals surface area contributed by atoms with Crippen molar-refractivity contribution in [2.75, 3.05) is 12.0 Å². The minimum absolute atomic E-state index is 0.104. The standard InChI is InChI=1S/C30H39ClN2O2Si/c1-20(2)36(21(3)4,22(5)6)17-16-30(24-10-11-24)27-18-25(31)12-15-28(27)33(29(34)32-30)19-23-8-13-26(35-7)14-9-23/h8-9,12-15,18,20-22,24H,10-11,19H2,1-7H3,(H,32,34). The fraction of sp³-hybridized carbons (Fsp3) is 0.500. The number of rotatable bonds is 7. The van der Waals surface area contributed by atoms with Gasteiger partial charge in [0.2, 0.25) is 0 Å². The zero-order valence-electron chi connectivity index (χ0n) is 22.6. The Kier molecular flexibility index (Phi) is 7.51. The number of amides is 2. The molecule has 2 aromatic carbocycles. The Balaban J connectivity index is 1.84. The molecule has 36 heavy (non-hydrogen) atoms. The molecule has 1 N–H and O–H groups in total. The van der Waals surface area contributed by atoms with Crippen LogP contribution in [0.4, 0.5) is 10.5 Å². The normalized spacial score (nSPS) is 19.8. The molecule has 0 spiro atoms. The monoisotopic (exact) mass is 522 g/mol. The predicted molar refractivity (Wildman–Crippen MR) is 152 cm³/mol. The molecule has 4 nitrogen and oxygen atoms in total. The Hall–Kier alpha value is -2.42. The lowest BCUT2D eigenvalue weighted by Crippen LogP contribution is -2.57. The number of nitrogens with one attached hydrogen (secondary N) is 1. The third-order valence-electron chi connectivity index (χ3n) is 8.26. The van der Waals surface area contributed by atoms with Crippen molar-refractivity contribution >= 4 is 31.4 Å². The van der Waals surface area contributed by atoms with Crippen LogP contribution >= 0.6 is 11.6 Å². The molecule has 1 heterocycles. The van der Waals surface area contributed by atoms with E-state index in [2.05, 4.69) is 58.3 Å². The van der Waals surface area contributed by atoms with Crippen LogP contribution in [0.2, 0.25) is 21.6 Å². The van der Waals surface area contributed by atoms with Crippen LogP contribution in [-0.4, -0.2) is 21.2 Å². The van der Waals surface area contributed by atoms with Gasteiger partial charge in [0.15, 0.2) is 0 Å². The lowest BCUT2D eigenvalue weighted by molar-refractivity contribution is 0.231. The third-order valence-corrected chi connectivity index (χ3v) is 14.8. The lowest BCUT2D eigenvalue weighted by atomic mass is 9.82. The number of hydrogen-bond acceptors (Lipinski definition) is 2. The van der Waals surface area contributed by atoms with E-state index in [0.717, 1.165) is 35.4 Å². The molecule has 0 radical (unpaired) electrons. The number of methoxy groups -OCH3 is 1. The van der Waals surface area contributed by atoms with E-state index in [4.69, 9.17) is 16.3 Å². The largest absolute Gasteiger partial charge is 0.497 e. The number of nitrogens with zero attached hydrogens (tertiary/aromatic N) is 1. The maximum absolute atomic E-state index is 13.7. The van der Waals surface area contributed by atoms with Crippen molar-refractivity contribution in [1.82, 2.24) is 5.32 Å². The Bertz CT molecular complexity index is 1160. The second-order valence-electron chi connectivity index (χ2n) is 11.3. The quantitative estimate of drug-likeness (QED) is 0.296. The highest BCUT2D eigenvalue weighted by Gasteiger charge is 2.52. The fourth-order valence-corrected chi connectivity index (χ4v) is 11.7. The van der Waals surface area contributed by atoms with Gasteiger partial charge in [0.25, 0.3) is 0 Å². The summed E-state index contributed by atoms with van der Waals surface area (Å²) in [5, 5.41) is 4.08. The van der Waals surface area contributed by atoms with Crippen molar-refractivity contribution < 1.29 is 9.53 Å². The van der Waals surface area contributed by atoms with E-state index >= 15 is 0 Å². The van der Waals surface area contributed by atoms with Crippen LogP contribution in [0.15, 0.2) is 42.5 Å². The zero-order valence-corrected chi connectivity index (χ0v) is 24.4. The van der Waals surface area contributed by atoms with Gasteiger partial charge in [-0.2, -0.15) is 0 Å². The molecule has 1 unspecified atom stereocenters. The average molecular weight is 523 g/mol. The van der Waals surface area contributed by atoms with Gasteiger partial charge < -0.3 is 10.1 Å². The molecule has 1 saturated carbocycles. The zero-order chi connectivity index (χ0) is 26.3. The first-order valence-corrected chi connectivity index (χ1v) is 15.7. The number of fused-ring (bicyclic) bond motifs is 1. The van der Waals surface area contributed by atoms with Gasteiger partial charge in [-0.05, 0) is 71.3 Å². The molecule has 4 rings (SSSR count). The van der Waals surface area contributed by atoms with E-state index in [1.165, 1.54) is 0 Å². The number of benzene rings is 2. The fourth-order valence-electron chi connectivity index (χ4n) is 6.22. The van der Waals surface area contributed by atoms with Crippen molar-refractivity contribution in [3.63, 3.8) is 0 Å². The maximum Gasteiger partial charge on any atom is 0.323 e. The molecule has 2 aliphatic rings. The molecule has 2 amide bonds. The van der Waals surface area contributed by atoms with Gasteiger partial charge in [0, 0.05) is 10.6 Å². The van der Waals surface area contributed by atoms with Gasteiger partial charge in [-0.3, -0.25) is 4.90 Å². The number of hydrogen-bond donors (Lipinski definition) is 1. The van der Waals surface area contributed by atoms with Crippen LogP contribution in [0.3, 0.4) is 0 Å². The second-order valence-corrected chi connectivity index (χ2v) is 17.3. The summed E-state index contributed by atoms with van der Waals surface area (Å²) in [6.07, 6.45) is 2.11. The minimum atomic E-state index is -1.99. The number of ether oxygens (including phenoxy) is 1. The van der Waals surface area contributed by atoms with Gasteiger partial charge in [0.05, 0.1) is 19.3 Å². The summed E-state index contributed by atoms with van der Waals surface area (Å²) in [6.45, 7) is 14.4. The molecule has 1 aliphatic heterocycles. The van der Waals surface area contributed by atoms with Crippen LogP contribution in [0.1, 0.15) is 65.5 Å². The molecule has 0 saturated heterocycles. The summed E-state index contributed by atoms with van der Waals surface area (Å²) in [6, 6.07) is 13.6. The van der Waals surface area contributed by atoms with Crippen molar-refractivity contribution in [1.29, 1.82) is 0 Å². The number of urea groups is 1. The van der Waals surface area contributed by atoms with Gasteiger partial charge in [-0.25, -0.2) is 4.79 Å². The number of halogens is 1. The van der Waals surface area contributed by atoms with E-state index in [-0.39, 0.29) is 6.03 Å². The molecular formula is C30H39ClN2O2Si. The molecule has 1 atom stereocenters. The summed E-state index contributed by atoms with van der Waals surface area (Å²) in [5.41, 5.74) is 7.72. The van der Waals surface area contributed by atoms with Crippen LogP contribution in [0.25, 0.3) is 0 Å². The van der Waals surface area contributed by atoms with Crippen molar-refractivity contribution in [2.45, 2.75) is 83.1 Å². The molecule has 1 fully saturated rings. The van der Waals surface area contributed by atoms with Crippen LogP contribution in [-0.2, 0) is 12.1 Å². The molecule has 1 aliphatic carbocycles. The van der Waals surface area contributed by atoms with Crippen molar-refractivity contribution in [3.8, 4) is 17.2 Å². The van der Waals surface area contributed by atoms with Crippen LogP contribution < -0.4 is 15.0 Å². The summed E-state index contributed by atoms with van der Waals surface area (Å²) in [5.74, 6) is 4.87. The van der Waals surface area contributed by atoms with Gasteiger partial charge >= 0.3 is 6.03 Å². The van der Waals surface area contributed by atoms with E-state index in [0.29, 0.717) is 34.1 Å². The molecule has 0 bridgehead atoms. The van der Waals surface area contributed by atoms with E-state index in [1.54, 1.807) is 7.11 Å². The lowest BCUT2D eigenvalue weighted by Gasteiger charge is -2.43. The van der Waals surface area contributed by atoms with Crippen molar-refractivity contribution in [3.05, 3.63) is 58.6 Å². The van der Waals surface area contributed by atoms with E-state index < -0.39 is 13.6 Å². The smallest absolute Gasteiger partial charge is 0.323 e. The average Bonchev–Trinajstić information content (AvgIpc) is 3.67. The topological polar surface area (TPSA) is 41.6 Å². The van der Waals surface area contributed by atoms with Crippen LogP contribution in [0.5, 0.6) is 5.75 Å². The van der Waals surface area contributed by atoms with Crippen LogP contribution in [0, 0.1) is 17.4 Å². The first-order valence-electron chi connectivity index (χ1n) is 13.1. The highest BCUT2D eigenvalue weighted by atomic mass is 35.5. The molecule has 192 valence electrons. The summed E-state index contributed by atoms with van der Waals surface area (Å²) in [4.78, 5) is 15.6. The Morgan fingerprint density at radius 3 is 2.19 bits per heavy atom. The highest BCUT2D eigenvalue weighted by Crippen LogP contribution is 2.51. The minimum Gasteiger partial charge on any atom is -0.497 e. The Morgan fingerprint density at radius 1 is 1.06 bits per heavy atom. The van der Waals surface area contributed by atoms with Gasteiger partial charge in [-0.1, -0.05) is 71.2 Å². The molecule has 0 aromatic heterocycles. The summed E-state index contributed by atoms with van der Waals surface area (Å²) >= 11 is 6.56. The number of carbonyl (C=O) groups is 1. The second kappa shape index (κ2) is 10.1. The Labute approximate surface area is 222 Å². The van der Waals surface area contributed by atoms with Gasteiger partial charge in [0.1, 0.15) is 19.4 Å². The highest BCUT2D eigenvalue weighted by molar-refractivity contribution is 6.90. The molecule has 6 heteroatoms. The summed E-state index contributed by atoms with van der Waals surface area (Å²) in [7, 11) is -0.338. The molecular weight excluding hydrogens is 484 g/mol. The number of carbonyl (C=O) groups excluding carboxylic acids is 1. The summed E-state index contributed by atoms with van der Waals surface area (Å²) < 4.78 is 5.30. The molecule has 2 aromatic rings. The predicted octanol–water partition coefficient (Wildman–Crippen LogP) is 7.91. The first kappa shape index (κ1) is 26.6. The van der Waals surface area contributed by atoms with E-state index in [1.807, 2.05) is 47.4 Å². The third kappa shape index (κ3) is 4.66.